The minimum atomic E-state index is -4.37. The highest BCUT2D eigenvalue weighted by molar-refractivity contribution is 5.78. The number of carbonyl (C=O) groups is 1. The molecule has 4 nitrogen and oxygen atoms in total. The fourth-order valence-corrected chi connectivity index (χ4v) is 2.76. The van der Waals surface area contributed by atoms with Crippen molar-refractivity contribution in [3.63, 3.8) is 0 Å². The van der Waals surface area contributed by atoms with Crippen LogP contribution in [0.5, 0.6) is 0 Å². The van der Waals surface area contributed by atoms with E-state index >= 15 is 0 Å². The van der Waals surface area contributed by atoms with E-state index in [1.807, 2.05) is 30.3 Å². The third-order valence-electron chi connectivity index (χ3n) is 4.23. The zero-order chi connectivity index (χ0) is 20.1. The minimum absolute atomic E-state index is 0.0464. The van der Waals surface area contributed by atoms with Gasteiger partial charge >= 0.3 is 6.18 Å². The van der Waals surface area contributed by atoms with Gasteiger partial charge in [0.25, 0.3) is 0 Å². The Morgan fingerprint density at radius 3 is 2.57 bits per heavy atom. The van der Waals surface area contributed by atoms with Gasteiger partial charge in [-0.2, -0.15) is 13.2 Å². The summed E-state index contributed by atoms with van der Waals surface area (Å²) in [5.74, 6) is 0.750. The van der Waals surface area contributed by atoms with Crippen molar-refractivity contribution in [1.29, 1.82) is 0 Å². The summed E-state index contributed by atoms with van der Waals surface area (Å²) < 4.78 is 43.8. The first kappa shape index (κ1) is 19.7. The van der Waals surface area contributed by atoms with Crippen molar-refractivity contribution >= 4 is 5.91 Å². The van der Waals surface area contributed by atoms with Crippen molar-refractivity contribution in [2.75, 3.05) is 6.54 Å². The summed E-state index contributed by atoms with van der Waals surface area (Å²) in [4.78, 5) is 16.5. The molecule has 0 aliphatic carbocycles. The number of hydrogen-bond acceptors (Lipinski definition) is 3. The summed E-state index contributed by atoms with van der Waals surface area (Å²) in [6.45, 7) is 1.98. The third kappa shape index (κ3) is 5.00. The molecule has 0 spiro atoms. The molecule has 1 heterocycles. The third-order valence-corrected chi connectivity index (χ3v) is 4.23. The Labute approximate surface area is 160 Å². The fraction of sp³-hybridized carbons (Fsp3) is 0.238. The van der Waals surface area contributed by atoms with Gasteiger partial charge < -0.3 is 9.73 Å². The SMILES string of the molecule is Cc1oc(-c2ccccc2)nc1CC(=O)NCCc1cccc(C(F)(F)F)c1. The Hall–Kier alpha value is -3.09. The summed E-state index contributed by atoms with van der Waals surface area (Å²) in [5.41, 5.74) is 1.18. The van der Waals surface area contributed by atoms with Crippen LogP contribution in [-0.4, -0.2) is 17.4 Å². The molecule has 0 saturated heterocycles. The van der Waals surface area contributed by atoms with E-state index in [9.17, 15) is 18.0 Å². The average molecular weight is 388 g/mol. The van der Waals surface area contributed by atoms with Crippen LogP contribution in [0.1, 0.15) is 22.6 Å². The normalized spacial score (nSPS) is 11.4. The molecular formula is C21H19F3N2O2. The van der Waals surface area contributed by atoms with Crippen LogP contribution in [-0.2, 0) is 23.8 Å². The highest BCUT2D eigenvalue weighted by Gasteiger charge is 2.30. The van der Waals surface area contributed by atoms with Crippen LogP contribution in [0.15, 0.2) is 59.0 Å². The molecule has 0 atom stereocenters. The maximum atomic E-state index is 12.7. The molecule has 0 aliphatic heterocycles. The van der Waals surface area contributed by atoms with E-state index in [0.717, 1.165) is 17.7 Å². The van der Waals surface area contributed by atoms with E-state index in [1.54, 1.807) is 13.0 Å². The Morgan fingerprint density at radius 1 is 1.11 bits per heavy atom. The molecule has 146 valence electrons. The van der Waals surface area contributed by atoms with E-state index in [-0.39, 0.29) is 18.9 Å². The first-order chi connectivity index (χ1) is 13.3. The molecule has 2 aromatic carbocycles. The number of hydrogen-bond donors (Lipinski definition) is 1. The maximum absolute atomic E-state index is 12.7. The molecule has 1 aromatic heterocycles. The number of alkyl halides is 3. The average Bonchev–Trinajstić information content (AvgIpc) is 3.02. The number of aryl methyl sites for hydroxylation is 1. The number of rotatable bonds is 6. The summed E-state index contributed by atoms with van der Waals surface area (Å²) in [7, 11) is 0. The molecule has 0 radical (unpaired) electrons. The second-order valence-electron chi connectivity index (χ2n) is 6.36. The van der Waals surface area contributed by atoms with Gasteiger partial charge in [0, 0.05) is 12.1 Å². The number of nitrogens with zero attached hydrogens (tertiary/aromatic N) is 1. The second-order valence-corrected chi connectivity index (χ2v) is 6.36. The van der Waals surface area contributed by atoms with Gasteiger partial charge in [0.15, 0.2) is 0 Å². The lowest BCUT2D eigenvalue weighted by molar-refractivity contribution is -0.137. The van der Waals surface area contributed by atoms with E-state index in [2.05, 4.69) is 10.3 Å². The summed E-state index contributed by atoms with van der Waals surface area (Å²) in [5, 5.41) is 2.71. The van der Waals surface area contributed by atoms with E-state index in [1.165, 1.54) is 6.07 Å². The Kier molecular flexibility index (Phi) is 5.82. The first-order valence-electron chi connectivity index (χ1n) is 8.77. The molecule has 0 aliphatic rings. The zero-order valence-electron chi connectivity index (χ0n) is 15.2. The molecule has 28 heavy (non-hydrogen) atoms. The number of amides is 1. The van der Waals surface area contributed by atoms with Gasteiger partial charge in [0.05, 0.1) is 17.7 Å². The molecule has 7 heteroatoms. The van der Waals surface area contributed by atoms with Crippen molar-refractivity contribution < 1.29 is 22.4 Å². The summed E-state index contributed by atoms with van der Waals surface area (Å²) in [6.07, 6.45) is -4.02. The van der Waals surface area contributed by atoms with Crippen LogP contribution in [0, 0.1) is 6.92 Å². The quantitative estimate of drug-likeness (QED) is 0.673. The number of benzene rings is 2. The number of halogens is 3. The summed E-state index contributed by atoms with van der Waals surface area (Å²) >= 11 is 0. The van der Waals surface area contributed by atoms with Gasteiger partial charge in [-0.25, -0.2) is 4.98 Å². The monoisotopic (exact) mass is 388 g/mol. The van der Waals surface area contributed by atoms with Crippen molar-refractivity contribution in [3.8, 4) is 11.5 Å². The molecule has 3 aromatic rings. The lowest BCUT2D eigenvalue weighted by Crippen LogP contribution is -2.27. The standard InChI is InChI=1S/C21H19F3N2O2/c1-14-18(26-20(28-14)16-7-3-2-4-8-16)13-19(27)25-11-10-15-6-5-9-17(12-15)21(22,23)24/h2-9,12H,10-11,13H2,1H3,(H,25,27). The predicted molar refractivity (Wildman–Crippen MR) is 98.5 cm³/mol. The van der Waals surface area contributed by atoms with Gasteiger partial charge in [-0.05, 0) is 37.1 Å². The second kappa shape index (κ2) is 8.29. The highest BCUT2D eigenvalue weighted by atomic mass is 19.4. The minimum Gasteiger partial charge on any atom is -0.441 e. The largest absolute Gasteiger partial charge is 0.441 e. The molecular weight excluding hydrogens is 369 g/mol. The molecule has 0 bridgehead atoms. The van der Waals surface area contributed by atoms with Gasteiger partial charge in [0.2, 0.25) is 11.8 Å². The fourth-order valence-electron chi connectivity index (χ4n) is 2.76. The van der Waals surface area contributed by atoms with Crippen molar-refractivity contribution in [1.82, 2.24) is 10.3 Å². The number of carbonyl (C=O) groups excluding carboxylic acids is 1. The molecule has 0 unspecified atom stereocenters. The van der Waals surface area contributed by atoms with Crippen LogP contribution < -0.4 is 5.32 Å². The lowest BCUT2D eigenvalue weighted by Gasteiger charge is -2.09. The van der Waals surface area contributed by atoms with Gasteiger partial charge in [-0.15, -0.1) is 0 Å². The Balaban J connectivity index is 1.55. The van der Waals surface area contributed by atoms with Crippen LogP contribution in [0.3, 0.4) is 0 Å². The van der Waals surface area contributed by atoms with Crippen LogP contribution in [0.25, 0.3) is 11.5 Å². The van der Waals surface area contributed by atoms with Gasteiger partial charge in [-0.3, -0.25) is 4.79 Å². The van der Waals surface area contributed by atoms with E-state index < -0.39 is 11.7 Å². The van der Waals surface area contributed by atoms with Crippen molar-refractivity contribution in [2.45, 2.75) is 25.9 Å². The topological polar surface area (TPSA) is 55.1 Å². The number of nitrogens with one attached hydrogen (secondary N) is 1. The smallest absolute Gasteiger partial charge is 0.416 e. The number of aromatic nitrogens is 1. The number of oxazole rings is 1. The highest BCUT2D eigenvalue weighted by Crippen LogP contribution is 2.29. The Morgan fingerprint density at radius 2 is 1.86 bits per heavy atom. The van der Waals surface area contributed by atoms with Crippen LogP contribution >= 0.6 is 0 Å². The molecule has 3 rings (SSSR count). The molecule has 0 saturated carbocycles. The lowest BCUT2D eigenvalue weighted by atomic mass is 10.1. The molecule has 1 N–H and O–H groups in total. The van der Waals surface area contributed by atoms with Crippen molar-refractivity contribution in [2.24, 2.45) is 0 Å². The zero-order valence-corrected chi connectivity index (χ0v) is 15.2. The van der Waals surface area contributed by atoms with Crippen LogP contribution in [0.4, 0.5) is 13.2 Å². The van der Waals surface area contributed by atoms with E-state index in [4.69, 9.17) is 4.42 Å². The predicted octanol–water partition coefficient (Wildman–Crippen LogP) is 4.57. The Bertz CT molecular complexity index is 950. The van der Waals surface area contributed by atoms with E-state index in [0.29, 0.717) is 29.3 Å². The summed E-state index contributed by atoms with van der Waals surface area (Å²) in [6, 6.07) is 14.5. The first-order valence-corrected chi connectivity index (χ1v) is 8.77. The molecule has 1 amide bonds. The maximum Gasteiger partial charge on any atom is 0.416 e. The van der Waals surface area contributed by atoms with Crippen molar-refractivity contribution in [3.05, 3.63) is 77.2 Å². The van der Waals surface area contributed by atoms with Gasteiger partial charge in [0.1, 0.15) is 5.76 Å². The molecule has 0 fully saturated rings. The van der Waals surface area contributed by atoms with Gasteiger partial charge in [-0.1, -0.05) is 36.4 Å². The van der Waals surface area contributed by atoms with Crippen LogP contribution in [0.2, 0.25) is 0 Å².